The normalized spacial score (nSPS) is 20.6. The lowest BCUT2D eigenvalue weighted by atomic mass is 9.90. The number of fused-ring (bicyclic) bond motifs is 2. The summed E-state index contributed by atoms with van der Waals surface area (Å²) in [6, 6.07) is 11.6. The molecule has 4 aromatic rings. The van der Waals surface area contributed by atoms with E-state index in [9.17, 15) is 9.59 Å². The van der Waals surface area contributed by atoms with Crippen molar-refractivity contribution in [3.8, 4) is 11.5 Å². The van der Waals surface area contributed by atoms with Gasteiger partial charge in [0.05, 0.1) is 5.69 Å². The molecule has 0 radical (unpaired) electrons. The quantitative estimate of drug-likeness (QED) is 0.181. The van der Waals surface area contributed by atoms with Crippen molar-refractivity contribution in [2.45, 2.75) is 73.7 Å². The second-order valence-electron chi connectivity index (χ2n) is 10.2. The van der Waals surface area contributed by atoms with E-state index >= 15 is 0 Å². The summed E-state index contributed by atoms with van der Waals surface area (Å²) in [5.41, 5.74) is 0.760. The molecule has 4 aromatic heterocycles. The molecule has 2 saturated heterocycles. The van der Waals surface area contributed by atoms with Crippen LogP contribution in [0.15, 0.2) is 64.9 Å². The molecule has 3 atom stereocenters. The predicted octanol–water partition coefficient (Wildman–Crippen LogP) is 5.52. The Hall–Kier alpha value is -3.94. The van der Waals surface area contributed by atoms with Crippen LogP contribution in [-0.4, -0.2) is 59.8 Å². The number of aromatic nitrogens is 5. The lowest BCUT2D eigenvalue weighted by molar-refractivity contribution is -0.164. The molecule has 0 saturated carbocycles. The van der Waals surface area contributed by atoms with E-state index in [0.717, 1.165) is 53.4 Å². The summed E-state index contributed by atoms with van der Waals surface area (Å²) >= 11 is 2.76. The van der Waals surface area contributed by atoms with Crippen molar-refractivity contribution in [1.82, 2.24) is 29.2 Å². The van der Waals surface area contributed by atoms with Gasteiger partial charge in [0.15, 0.2) is 17.9 Å². The number of rotatable bonds is 10. The third-order valence-corrected chi connectivity index (χ3v) is 8.94. The van der Waals surface area contributed by atoms with Crippen LogP contribution in [0.3, 0.4) is 0 Å². The molecule has 0 amide bonds. The zero-order valence-corrected chi connectivity index (χ0v) is 24.7. The molecule has 2 fully saturated rings. The summed E-state index contributed by atoms with van der Waals surface area (Å²) in [4.78, 5) is 44.3. The molecular formula is C29H29N7O4S2. The summed E-state index contributed by atoms with van der Waals surface area (Å²) in [7, 11) is 0. The number of piperidine rings is 1. The standard InChI is InChI=1S/C29H29N7O4S2/c1-17-23(6-5-11-30-17)40-24-14-22(41-25-7-3-4-10-31-25)15-32-28(24)34-29-33-27(35-42-29)19-12-20-8-9-21(13-19)36(20)26(16-37)39-18(2)38/h3-7,10-11,14-16,19-21,26H,8-9,12-13H2,1-2H3,(H,32,33,34,35). The molecule has 0 spiro atoms. The van der Waals surface area contributed by atoms with Gasteiger partial charge in [-0.2, -0.15) is 4.37 Å². The number of nitrogens with zero attached hydrogens (tertiary/aromatic N) is 6. The molecule has 42 heavy (non-hydrogen) atoms. The van der Waals surface area contributed by atoms with Crippen LogP contribution in [0.5, 0.6) is 11.5 Å². The zero-order valence-electron chi connectivity index (χ0n) is 23.0. The van der Waals surface area contributed by atoms with Gasteiger partial charge in [0, 0.05) is 66.0 Å². The third-order valence-electron chi connectivity index (χ3n) is 7.38. The van der Waals surface area contributed by atoms with Gasteiger partial charge in [0.25, 0.3) is 0 Å². The highest BCUT2D eigenvalue weighted by Crippen LogP contribution is 2.44. The van der Waals surface area contributed by atoms with Gasteiger partial charge in [0.1, 0.15) is 16.6 Å². The number of aryl methyl sites for hydroxylation is 1. The van der Waals surface area contributed by atoms with E-state index in [0.29, 0.717) is 22.4 Å². The first kappa shape index (κ1) is 28.2. The average molecular weight is 604 g/mol. The molecule has 6 rings (SSSR count). The Labute approximate surface area is 251 Å². The molecule has 0 aromatic carbocycles. The van der Waals surface area contributed by atoms with Crippen molar-refractivity contribution in [3.05, 3.63) is 66.5 Å². The van der Waals surface area contributed by atoms with Crippen LogP contribution in [-0.2, 0) is 14.3 Å². The van der Waals surface area contributed by atoms with Crippen LogP contribution >= 0.6 is 23.3 Å². The fourth-order valence-corrected chi connectivity index (χ4v) is 7.02. The molecule has 3 unspecified atom stereocenters. The number of hydrogen-bond donors (Lipinski definition) is 1. The molecule has 11 nitrogen and oxygen atoms in total. The smallest absolute Gasteiger partial charge is 0.304 e. The molecule has 2 bridgehead atoms. The number of carbonyl (C=O) groups excluding carboxylic acids is 2. The fourth-order valence-electron chi connectivity index (χ4n) is 5.60. The SMILES string of the molecule is CC(=O)OC(C=O)N1C2CCC1CC(c1nsc(Nc3ncc(Sc4ccccn4)cc3Oc3cccnc3C)n1)C2. The van der Waals surface area contributed by atoms with Crippen LogP contribution in [0.25, 0.3) is 0 Å². The summed E-state index contributed by atoms with van der Waals surface area (Å²) in [6.07, 6.45) is 8.62. The second-order valence-corrected chi connectivity index (χ2v) is 12.0. The predicted molar refractivity (Wildman–Crippen MR) is 157 cm³/mol. The first-order chi connectivity index (χ1) is 20.5. The lowest BCUT2D eigenvalue weighted by Crippen LogP contribution is -2.50. The second kappa shape index (κ2) is 12.5. The lowest BCUT2D eigenvalue weighted by Gasteiger charge is -2.40. The van der Waals surface area contributed by atoms with E-state index < -0.39 is 12.2 Å². The number of nitrogens with one attached hydrogen (secondary N) is 1. The zero-order chi connectivity index (χ0) is 29.1. The van der Waals surface area contributed by atoms with Crippen molar-refractivity contribution >= 4 is 46.5 Å². The van der Waals surface area contributed by atoms with Gasteiger partial charge in [-0.3, -0.25) is 19.5 Å². The molecule has 2 aliphatic heterocycles. The van der Waals surface area contributed by atoms with Crippen LogP contribution < -0.4 is 10.1 Å². The van der Waals surface area contributed by atoms with E-state index in [-0.39, 0.29) is 18.0 Å². The minimum absolute atomic E-state index is 0.136. The summed E-state index contributed by atoms with van der Waals surface area (Å²) in [5.74, 6) is 2.13. The van der Waals surface area contributed by atoms with E-state index in [4.69, 9.17) is 14.5 Å². The van der Waals surface area contributed by atoms with Crippen LogP contribution in [0.4, 0.5) is 10.9 Å². The molecule has 6 heterocycles. The number of aldehydes is 1. The highest BCUT2D eigenvalue weighted by molar-refractivity contribution is 7.99. The maximum atomic E-state index is 11.7. The van der Waals surface area contributed by atoms with Gasteiger partial charge < -0.3 is 14.8 Å². The molecule has 0 aliphatic carbocycles. The van der Waals surface area contributed by atoms with Crippen molar-refractivity contribution < 1.29 is 19.1 Å². The van der Waals surface area contributed by atoms with Gasteiger partial charge in [-0.15, -0.1) is 0 Å². The van der Waals surface area contributed by atoms with Gasteiger partial charge in [-0.25, -0.2) is 15.0 Å². The topological polar surface area (TPSA) is 132 Å². The Bertz CT molecular complexity index is 1560. The average Bonchev–Trinajstić information content (AvgIpc) is 3.56. The van der Waals surface area contributed by atoms with Crippen molar-refractivity contribution in [3.63, 3.8) is 0 Å². The summed E-state index contributed by atoms with van der Waals surface area (Å²) < 4.78 is 16.2. The molecule has 13 heteroatoms. The van der Waals surface area contributed by atoms with Gasteiger partial charge in [-0.05, 0) is 56.9 Å². The van der Waals surface area contributed by atoms with E-state index in [1.807, 2.05) is 43.3 Å². The van der Waals surface area contributed by atoms with Crippen LogP contribution in [0.1, 0.15) is 50.0 Å². The number of anilines is 2. The number of esters is 1. The monoisotopic (exact) mass is 603 g/mol. The molecule has 216 valence electrons. The van der Waals surface area contributed by atoms with Crippen molar-refractivity contribution in [2.75, 3.05) is 5.32 Å². The third kappa shape index (κ3) is 6.27. The first-order valence-corrected chi connectivity index (χ1v) is 15.2. The fraction of sp³-hybridized carbons (Fsp3) is 0.345. The maximum Gasteiger partial charge on any atom is 0.304 e. The van der Waals surface area contributed by atoms with Crippen molar-refractivity contribution in [1.29, 1.82) is 0 Å². The number of carbonyl (C=O) groups is 2. The maximum absolute atomic E-state index is 11.7. The number of ether oxygens (including phenoxy) is 2. The first-order valence-electron chi connectivity index (χ1n) is 13.7. The van der Waals surface area contributed by atoms with Crippen LogP contribution in [0.2, 0.25) is 0 Å². The number of pyridine rings is 3. The van der Waals surface area contributed by atoms with E-state index in [1.165, 1.54) is 30.2 Å². The summed E-state index contributed by atoms with van der Waals surface area (Å²) in [6.45, 7) is 3.22. The Kier molecular flexibility index (Phi) is 8.40. The largest absolute Gasteiger partial charge is 0.452 e. The minimum atomic E-state index is -0.840. The highest BCUT2D eigenvalue weighted by atomic mass is 32.2. The van der Waals surface area contributed by atoms with Crippen molar-refractivity contribution in [2.24, 2.45) is 0 Å². The summed E-state index contributed by atoms with van der Waals surface area (Å²) in [5, 5.41) is 4.77. The highest BCUT2D eigenvalue weighted by Gasteiger charge is 2.46. The minimum Gasteiger partial charge on any atom is -0.452 e. The molecule has 1 N–H and O–H groups in total. The van der Waals surface area contributed by atoms with Gasteiger partial charge in [0.2, 0.25) is 11.4 Å². The van der Waals surface area contributed by atoms with Gasteiger partial charge >= 0.3 is 5.97 Å². The number of hydrogen-bond acceptors (Lipinski definition) is 13. The van der Waals surface area contributed by atoms with Crippen LogP contribution in [0, 0.1) is 6.92 Å². The Morgan fingerprint density at radius 3 is 2.64 bits per heavy atom. The molecule has 2 aliphatic rings. The van der Waals surface area contributed by atoms with E-state index in [1.54, 1.807) is 18.6 Å². The van der Waals surface area contributed by atoms with Gasteiger partial charge in [-0.1, -0.05) is 17.8 Å². The Morgan fingerprint density at radius 2 is 1.93 bits per heavy atom. The molecular weight excluding hydrogens is 574 g/mol. The Balaban J connectivity index is 1.20. The Morgan fingerprint density at radius 1 is 1.12 bits per heavy atom. The van der Waals surface area contributed by atoms with E-state index in [2.05, 4.69) is 29.5 Å².